The van der Waals surface area contributed by atoms with Crippen molar-refractivity contribution in [2.24, 2.45) is 5.14 Å². The van der Waals surface area contributed by atoms with E-state index in [1.807, 2.05) is 24.3 Å². The molecule has 0 atom stereocenters. The highest BCUT2D eigenvalue weighted by Gasteiger charge is 2.09. The second-order valence-corrected chi connectivity index (χ2v) is 6.79. The van der Waals surface area contributed by atoms with Crippen LogP contribution in [0, 0.1) is 0 Å². The van der Waals surface area contributed by atoms with Crippen molar-refractivity contribution in [3.63, 3.8) is 0 Å². The summed E-state index contributed by atoms with van der Waals surface area (Å²) in [5.41, 5.74) is 2.89. The third-order valence-electron chi connectivity index (χ3n) is 3.64. The number of pyridine rings is 1. The number of rotatable bonds is 4. The molecule has 2 aromatic carbocycles. The molecule has 0 bridgehead atoms. The van der Waals surface area contributed by atoms with Gasteiger partial charge in [-0.2, -0.15) is 0 Å². The number of nitrogens with zero attached hydrogens (tertiary/aromatic N) is 1. The van der Waals surface area contributed by atoms with E-state index in [0.29, 0.717) is 6.42 Å². The Bertz CT molecular complexity index is 951. The normalized spacial score (nSPS) is 11.6. The second kappa shape index (κ2) is 5.98. The second-order valence-electron chi connectivity index (χ2n) is 5.23. The third kappa shape index (κ3) is 3.33. The van der Waals surface area contributed by atoms with Crippen molar-refractivity contribution in [3.05, 3.63) is 65.9 Å². The first-order chi connectivity index (χ1) is 11.0. The van der Waals surface area contributed by atoms with Crippen molar-refractivity contribution < 1.29 is 13.2 Å². The lowest BCUT2D eigenvalue weighted by Crippen LogP contribution is -2.11. The van der Waals surface area contributed by atoms with E-state index in [0.717, 1.165) is 27.8 Å². The lowest BCUT2D eigenvalue weighted by atomic mass is 10.0. The largest absolute Gasteiger partial charge is 0.497 e. The first-order valence-electron chi connectivity index (χ1n) is 7.01. The van der Waals surface area contributed by atoms with Crippen LogP contribution in [0.25, 0.3) is 10.9 Å². The maximum absolute atomic E-state index is 11.3. The average Bonchev–Trinajstić information content (AvgIpc) is 2.54. The van der Waals surface area contributed by atoms with Crippen LogP contribution in [-0.4, -0.2) is 20.5 Å². The number of ether oxygens (including phenoxy) is 1. The number of aromatic nitrogens is 1. The lowest BCUT2D eigenvalue weighted by Gasteiger charge is -2.09. The molecule has 0 aliphatic carbocycles. The number of sulfonamides is 1. The van der Waals surface area contributed by atoms with Crippen molar-refractivity contribution in [1.82, 2.24) is 4.98 Å². The zero-order chi connectivity index (χ0) is 16.4. The van der Waals surface area contributed by atoms with E-state index in [-0.39, 0.29) is 4.90 Å². The van der Waals surface area contributed by atoms with E-state index in [4.69, 9.17) is 9.88 Å². The third-order valence-corrected chi connectivity index (χ3v) is 4.57. The molecule has 0 unspecified atom stereocenters. The Balaban J connectivity index is 2.01. The lowest BCUT2D eigenvalue weighted by molar-refractivity contribution is 0.415. The van der Waals surface area contributed by atoms with Crippen molar-refractivity contribution in [1.29, 1.82) is 0 Å². The van der Waals surface area contributed by atoms with Crippen LogP contribution in [0.2, 0.25) is 0 Å². The van der Waals surface area contributed by atoms with Gasteiger partial charge in [0, 0.05) is 11.6 Å². The van der Waals surface area contributed by atoms with Crippen LogP contribution in [0.3, 0.4) is 0 Å². The van der Waals surface area contributed by atoms with Gasteiger partial charge in [-0.1, -0.05) is 18.2 Å². The molecule has 0 fully saturated rings. The quantitative estimate of drug-likeness (QED) is 0.797. The molecule has 0 saturated carbocycles. The Kier molecular flexibility index (Phi) is 4.02. The molecular weight excluding hydrogens is 312 g/mol. The number of hydrogen-bond donors (Lipinski definition) is 1. The molecule has 1 heterocycles. The number of benzene rings is 2. The van der Waals surface area contributed by atoms with Gasteiger partial charge in [0.1, 0.15) is 5.75 Å². The molecule has 0 amide bonds. The first kappa shape index (κ1) is 15.5. The molecule has 23 heavy (non-hydrogen) atoms. The summed E-state index contributed by atoms with van der Waals surface area (Å²) in [4.78, 5) is 4.54. The van der Waals surface area contributed by atoms with Gasteiger partial charge >= 0.3 is 0 Å². The van der Waals surface area contributed by atoms with Crippen molar-refractivity contribution in [2.45, 2.75) is 11.3 Å². The van der Waals surface area contributed by atoms with Gasteiger partial charge in [0.15, 0.2) is 0 Å². The van der Waals surface area contributed by atoms with Crippen molar-refractivity contribution in [2.75, 3.05) is 7.11 Å². The van der Waals surface area contributed by atoms with Gasteiger partial charge < -0.3 is 4.74 Å². The zero-order valence-corrected chi connectivity index (χ0v) is 13.4. The molecule has 0 spiro atoms. The Morgan fingerprint density at radius 1 is 1.13 bits per heavy atom. The molecule has 0 aliphatic rings. The van der Waals surface area contributed by atoms with E-state index >= 15 is 0 Å². The van der Waals surface area contributed by atoms with Crippen LogP contribution in [0.5, 0.6) is 5.75 Å². The van der Waals surface area contributed by atoms with Gasteiger partial charge in [0.2, 0.25) is 10.0 Å². The number of primary sulfonamides is 1. The Hall–Kier alpha value is -2.44. The van der Waals surface area contributed by atoms with Gasteiger partial charge in [-0.3, -0.25) is 4.98 Å². The Morgan fingerprint density at radius 2 is 1.87 bits per heavy atom. The highest BCUT2D eigenvalue weighted by molar-refractivity contribution is 7.89. The summed E-state index contributed by atoms with van der Waals surface area (Å²) in [5, 5.41) is 6.12. The fourth-order valence-electron chi connectivity index (χ4n) is 2.51. The van der Waals surface area contributed by atoms with E-state index < -0.39 is 10.0 Å². The minimum Gasteiger partial charge on any atom is -0.497 e. The molecule has 118 valence electrons. The van der Waals surface area contributed by atoms with E-state index in [9.17, 15) is 8.42 Å². The van der Waals surface area contributed by atoms with Gasteiger partial charge in [0.25, 0.3) is 0 Å². The summed E-state index contributed by atoms with van der Waals surface area (Å²) >= 11 is 0. The standard InChI is InChI=1S/C17H16N2O3S/c1-22-15-10-13-3-2-8-19-17(13)14(11-15)9-12-4-6-16(7-5-12)23(18,20)21/h2-8,10-11H,9H2,1H3,(H2,18,20,21). The summed E-state index contributed by atoms with van der Waals surface area (Å²) in [6, 6.07) is 14.3. The summed E-state index contributed by atoms with van der Waals surface area (Å²) in [6.45, 7) is 0. The van der Waals surface area contributed by atoms with E-state index in [1.54, 1.807) is 25.4 Å². The Morgan fingerprint density at radius 3 is 2.52 bits per heavy atom. The molecular formula is C17H16N2O3S. The van der Waals surface area contributed by atoms with Gasteiger partial charge in [-0.15, -0.1) is 0 Å². The first-order valence-corrected chi connectivity index (χ1v) is 8.55. The number of hydrogen-bond acceptors (Lipinski definition) is 4. The summed E-state index contributed by atoms with van der Waals surface area (Å²) < 4.78 is 28.0. The number of methoxy groups -OCH3 is 1. The average molecular weight is 328 g/mol. The predicted molar refractivity (Wildman–Crippen MR) is 88.9 cm³/mol. The molecule has 0 aliphatic heterocycles. The number of nitrogens with two attached hydrogens (primary N) is 1. The van der Waals surface area contributed by atoms with E-state index in [1.165, 1.54) is 12.1 Å². The predicted octanol–water partition coefficient (Wildman–Crippen LogP) is 2.48. The highest BCUT2D eigenvalue weighted by atomic mass is 32.2. The highest BCUT2D eigenvalue weighted by Crippen LogP contribution is 2.26. The van der Waals surface area contributed by atoms with Crippen LogP contribution < -0.4 is 9.88 Å². The minimum atomic E-state index is -3.67. The molecule has 0 saturated heterocycles. The summed E-state index contributed by atoms with van der Waals surface area (Å²) in [7, 11) is -2.04. The molecule has 3 rings (SSSR count). The molecule has 1 aromatic heterocycles. The molecule has 6 heteroatoms. The van der Waals surface area contributed by atoms with Gasteiger partial charge in [0.05, 0.1) is 17.5 Å². The monoisotopic (exact) mass is 328 g/mol. The topological polar surface area (TPSA) is 82.3 Å². The van der Waals surface area contributed by atoms with Crippen LogP contribution in [0.4, 0.5) is 0 Å². The Labute approximate surface area is 134 Å². The van der Waals surface area contributed by atoms with Crippen LogP contribution in [-0.2, 0) is 16.4 Å². The van der Waals surface area contributed by atoms with E-state index in [2.05, 4.69) is 4.98 Å². The fraction of sp³-hybridized carbons (Fsp3) is 0.118. The van der Waals surface area contributed by atoms with Crippen LogP contribution >= 0.6 is 0 Å². The van der Waals surface area contributed by atoms with Gasteiger partial charge in [-0.05, 0) is 47.9 Å². The zero-order valence-electron chi connectivity index (χ0n) is 12.6. The molecule has 5 nitrogen and oxygen atoms in total. The maximum atomic E-state index is 11.3. The maximum Gasteiger partial charge on any atom is 0.238 e. The molecule has 3 aromatic rings. The van der Waals surface area contributed by atoms with Crippen LogP contribution in [0.15, 0.2) is 59.6 Å². The summed E-state index contributed by atoms with van der Waals surface area (Å²) in [5.74, 6) is 0.765. The number of fused-ring (bicyclic) bond motifs is 1. The smallest absolute Gasteiger partial charge is 0.238 e. The van der Waals surface area contributed by atoms with Crippen molar-refractivity contribution >= 4 is 20.9 Å². The summed E-state index contributed by atoms with van der Waals surface area (Å²) in [6.07, 6.45) is 2.37. The van der Waals surface area contributed by atoms with Crippen molar-refractivity contribution in [3.8, 4) is 5.75 Å². The fourth-order valence-corrected chi connectivity index (χ4v) is 3.02. The molecule has 2 N–H and O–H groups in total. The minimum absolute atomic E-state index is 0.106. The van der Waals surface area contributed by atoms with Gasteiger partial charge in [-0.25, -0.2) is 13.6 Å². The molecule has 0 radical (unpaired) electrons. The van der Waals surface area contributed by atoms with Crippen LogP contribution in [0.1, 0.15) is 11.1 Å². The SMILES string of the molecule is COc1cc(Cc2ccc(S(N)(=O)=O)cc2)c2ncccc2c1.